The molecule has 3 aromatic rings. The topological polar surface area (TPSA) is 49.3 Å². The number of amides is 1. The lowest BCUT2D eigenvalue weighted by Crippen LogP contribution is -2.39. The fourth-order valence-electron chi connectivity index (χ4n) is 3.75. The van der Waals surface area contributed by atoms with Gasteiger partial charge in [0.15, 0.2) is 5.82 Å². The maximum atomic E-state index is 13.2. The van der Waals surface area contributed by atoms with E-state index < -0.39 is 0 Å². The molecule has 6 heteroatoms. The summed E-state index contributed by atoms with van der Waals surface area (Å²) >= 11 is 0. The van der Waals surface area contributed by atoms with E-state index in [0.717, 1.165) is 28.2 Å². The molecule has 0 saturated carbocycles. The molecule has 0 radical (unpaired) electrons. The van der Waals surface area contributed by atoms with E-state index in [1.54, 1.807) is 12.1 Å². The van der Waals surface area contributed by atoms with Crippen LogP contribution in [0.5, 0.6) is 0 Å². The Kier molecular flexibility index (Phi) is 5.98. The Hall–Kier alpha value is -3.28. The van der Waals surface area contributed by atoms with Gasteiger partial charge in [-0.2, -0.15) is 0 Å². The van der Waals surface area contributed by atoms with Gasteiger partial charge in [0.1, 0.15) is 11.6 Å². The van der Waals surface area contributed by atoms with Crippen LogP contribution >= 0.6 is 0 Å². The first kappa shape index (κ1) is 21.0. The van der Waals surface area contributed by atoms with Crippen LogP contribution in [0.2, 0.25) is 0 Å². The van der Waals surface area contributed by atoms with Crippen molar-refractivity contribution in [1.29, 1.82) is 0 Å². The maximum absolute atomic E-state index is 13.2. The minimum Gasteiger partial charge on any atom is -0.357 e. The van der Waals surface area contributed by atoms with Crippen LogP contribution in [0.4, 0.5) is 10.2 Å². The molecule has 4 rings (SSSR count). The quantitative estimate of drug-likeness (QED) is 0.621. The van der Waals surface area contributed by atoms with Crippen LogP contribution in [0.15, 0.2) is 54.6 Å². The van der Waals surface area contributed by atoms with Crippen molar-refractivity contribution in [2.45, 2.75) is 39.3 Å². The molecule has 160 valence electrons. The molecular weight excluding hydrogens is 391 g/mol. The number of benzene rings is 2. The van der Waals surface area contributed by atoms with Crippen LogP contribution < -0.4 is 4.90 Å². The highest BCUT2D eigenvalue weighted by Gasteiger charge is 2.27. The Morgan fingerprint density at radius 3 is 2.48 bits per heavy atom. The van der Waals surface area contributed by atoms with E-state index in [0.29, 0.717) is 25.3 Å². The molecule has 0 saturated heterocycles. The lowest BCUT2D eigenvalue weighted by Gasteiger charge is -2.33. The third kappa shape index (κ3) is 4.58. The van der Waals surface area contributed by atoms with Crippen LogP contribution in [0.3, 0.4) is 0 Å². The Morgan fingerprint density at radius 1 is 1.10 bits per heavy atom. The van der Waals surface area contributed by atoms with Crippen molar-refractivity contribution in [2.75, 3.05) is 18.5 Å². The summed E-state index contributed by atoms with van der Waals surface area (Å²) in [5.74, 6) is 1.32. The molecule has 31 heavy (non-hydrogen) atoms. The fraction of sp³-hybridized carbons (Fsp3) is 0.320. The van der Waals surface area contributed by atoms with E-state index in [9.17, 15) is 9.18 Å². The number of nitrogens with zero attached hydrogens (tertiary/aromatic N) is 4. The van der Waals surface area contributed by atoms with Crippen LogP contribution in [0.25, 0.3) is 11.4 Å². The van der Waals surface area contributed by atoms with Gasteiger partial charge in [0, 0.05) is 37.2 Å². The predicted octanol–water partition coefficient (Wildman–Crippen LogP) is 4.25. The summed E-state index contributed by atoms with van der Waals surface area (Å²) in [6.07, 6.45) is 0.944. The van der Waals surface area contributed by atoms with Crippen LogP contribution in [0.1, 0.15) is 30.7 Å². The molecule has 1 aliphatic heterocycles. The average Bonchev–Trinajstić information content (AvgIpc) is 2.79. The number of fused-ring (bicyclic) bond motifs is 1. The average molecular weight is 419 g/mol. The molecule has 2 heterocycles. The summed E-state index contributed by atoms with van der Waals surface area (Å²) in [6.45, 7) is 5.34. The van der Waals surface area contributed by atoms with Crippen molar-refractivity contribution in [1.82, 2.24) is 14.9 Å². The van der Waals surface area contributed by atoms with E-state index >= 15 is 0 Å². The molecule has 0 unspecified atom stereocenters. The van der Waals surface area contributed by atoms with Crippen molar-refractivity contribution in [3.05, 3.63) is 77.2 Å². The van der Waals surface area contributed by atoms with Crippen molar-refractivity contribution >= 4 is 11.7 Å². The minimum atomic E-state index is -0.296. The molecule has 1 amide bonds. The Morgan fingerprint density at radius 2 is 1.81 bits per heavy atom. The van der Waals surface area contributed by atoms with Gasteiger partial charge in [0.25, 0.3) is 0 Å². The van der Waals surface area contributed by atoms with E-state index in [2.05, 4.69) is 18.7 Å². The van der Waals surface area contributed by atoms with Crippen LogP contribution in [-0.4, -0.2) is 40.4 Å². The molecule has 1 aliphatic rings. The highest BCUT2D eigenvalue weighted by atomic mass is 19.1. The number of hydrogen-bond donors (Lipinski definition) is 0. The monoisotopic (exact) mass is 418 g/mol. The second-order valence-electron chi connectivity index (χ2n) is 8.24. The molecule has 0 bridgehead atoms. The first-order valence-corrected chi connectivity index (χ1v) is 10.6. The Bertz CT molecular complexity index is 1070. The maximum Gasteiger partial charge on any atom is 0.227 e. The molecule has 0 N–H and O–H groups in total. The Balaban J connectivity index is 1.64. The number of carbonyl (C=O) groups is 1. The Labute approximate surface area is 182 Å². The van der Waals surface area contributed by atoms with Crippen molar-refractivity contribution in [3.63, 3.8) is 0 Å². The van der Waals surface area contributed by atoms with E-state index in [1.807, 2.05) is 42.3 Å². The molecule has 0 fully saturated rings. The van der Waals surface area contributed by atoms with Gasteiger partial charge in [-0.05, 0) is 31.5 Å². The normalized spacial score (nSPS) is 13.3. The number of anilines is 1. The highest BCUT2D eigenvalue weighted by Crippen LogP contribution is 2.30. The highest BCUT2D eigenvalue weighted by molar-refractivity contribution is 5.79. The summed E-state index contributed by atoms with van der Waals surface area (Å²) in [5, 5.41) is 0. The smallest absolute Gasteiger partial charge is 0.227 e. The molecule has 1 aromatic heterocycles. The van der Waals surface area contributed by atoms with Gasteiger partial charge in [-0.25, -0.2) is 14.4 Å². The van der Waals surface area contributed by atoms with Crippen molar-refractivity contribution in [2.24, 2.45) is 0 Å². The molecule has 0 spiro atoms. The fourth-order valence-corrected chi connectivity index (χ4v) is 3.75. The van der Waals surface area contributed by atoms with Gasteiger partial charge in [0.05, 0.1) is 18.7 Å². The van der Waals surface area contributed by atoms with E-state index in [1.165, 1.54) is 12.1 Å². The van der Waals surface area contributed by atoms with Gasteiger partial charge in [-0.3, -0.25) is 4.79 Å². The van der Waals surface area contributed by atoms with Gasteiger partial charge in [-0.1, -0.05) is 42.5 Å². The van der Waals surface area contributed by atoms with Gasteiger partial charge in [-0.15, -0.1) is 0 Å². The van der Waals surface area contributed by atoms with Gasteiger partial charge < -0.3 is 9.80 Å². The number of rotatable bonds is 5. The molecule has 5 nitrogen and oxygen atoms in total. The zero-order valence-corrected chi connectivity index (χ0v) is 18.2. The zero-order valence-electron chi connectivity index (χ0n) is 18.2. The second-order valence-corrected chi connectivity index (χ2v) is 8.24. The number of halogens is 1. The standard InChI is InChI=1S/C25H27FN4O/c1-17(2)29(3)25-21-16-30(23(31)15-18-9-11-20(26)12-10-18)14-13-22(21)27-24(28-25)19-7-5-4-6-8-19/h4-12,17H,13-16H2,1-3H3. The summed E-state index contributed by atoms with van der Waals surface area (Å²) in [4.78, 5) is 26.7. The number of hydrogen-bond acceptors (Lipinski definition) is 4. The van der Waals surface area contributed by atoms with Crippen LogP contribution in [0, 0.1) is 5.82 Å². The molecule has 2 aromatic carbocycles. The number of carbonyl (C=O) groups excluding carboxylic acids is 1. The summed E-state index contributed by atoms with van der Waals surface area (Å²) < 4.78 is 13.2. The summed E-state index contributed by atoms with van der Waals surface area (Å²) in [7, 11) is 2.03. The van der Waals surface area contributed by atoms with E-state index in [-0.39, 0.29) is 24.2 Å². The van der Waals surface area contributed by atoms with Gasteiger partial charge >= 0.3 is 0 Å². The van der Waals surface area contributed by atoms with Crippen molar-refractivity contribution in [3.8, 4) is 11.4 Å². The third-order valence-electron chi connectivity index (χ3n) is 5.80. The number of aromatic nitrogens is 2. The lowest BCUT2D eigenvalue weighted by molar-refractivity contribution is -0.131. The van der Waals surface area contributed by atoms with Gasteiger partial charge in [0.2, 0.25) is 5.91 Å². The summed E-state index contributed by atoms with van der Waals surface area (Å²) in [6, 6.07) is 16.4. The van der Waals surface area contributed by atoms with E-state index in [4.69, 9.17) is 9.97 Å². The SMILES string of the molecule is CC(C)N(C)c1nc(-c2ccccc2)nc2c1CN(C(=O)Cc1ccc(F)cc1)CC2. The zero-order chi connectivity index (χ0) is 22.0. The van der Waals surface area contributed by atoms with Crippen LogP contribution in [-0.2, 0) is 24.2 Å². The lowest BCUT2D eigenvalue weighted by atomic mass is 10.0. The molecule has 0 aliphatic carbocycles. The molecule has 0 atom stereocenters. The van der Waals surface area contributed by atoms with Crippen molar-refractivity contribution < 1.29 is 9.18 Å². The minimum absolute atomic E-state index is 0.0301. The third-order valence-corrected chi connectivity index (χ3v) is 5.80. The largest absolute Gasteiger partial charge is 0.357 e. The second kappa shape index (κ2) is 8.84. The summed E-state index contributed by atoms with van der Waals surface area (Å²) in [5.41, 5.74) is 3.81. The first-order chi connectivity index (χ1) is 14.9. The molecular formula is C25H27FN4O. The predicted molar refractivity (Wildman–Crippen MR) is 120 cm³/mol. The first-order valence-electron chi connectivity index (χ1n) is 10.6.